The van der Waals surface area contributed by atoms with Crippen molar-refractivity contribution < 1.29 is 4.79 Å². The number of halogens is 1. The van der Waals surface area contributed by atoms with Crippen molar-refractivity contribution in [1.29, 1.82) is 0 Å². The standard InChI is InChI=1S/C17H25N5O2.ClH/c1-9-5-12(7-18)8-22(9)14(23)6-13-10(2)15-16(19-11(13)3)21(4)20-17(15)24;/h9,12H,5-8,18H2,1-4H3,(H,20,24);1H. The molecule has 0 aromatic carbocycles. The van der Waals surface area contributed by atoms with E-state index in [2.05, 4.69) is 17.0 Å². The summed E-state index contributed by atoms with van der Waals surface area (Å²) in [4.78, 5) is 31.4. The number of nitrogens with two attached hydrogens (primary N) is 1. The number of aromatic nitrogens is 3. The molecule has 1 aliphatic heterocycles. The number of fused-ring (bicyclic) bond motifs is 1. The number of amides is 1. The predicted molar refractivity (Wildman–Crippen MR) is 100 cm³/mol. The number of likely N-dealkylation sites (tertiary alicyclic amines) is 1. The molecule has 7 nitrogen and oxygen atoms in total. The second-order valence-electron chi connectivity index (χ2n) is 6.91. The monoisotopic (exact) mass is 367 g/mol. The molecular weight excluding hydrogens is 342 g/mol. The molecule has 2 aromatic rings. The van der Waals surface area contributed by atoms with Crippen LogP contribution in [-0.4, -0.2) is 44.7 Å². The summed E-state index contributed by atoms with van der Waals surface area (Å²) in [5, 5.41) is 3.30. The van der Waals surface area contributed by atoms with Crippen LogP contribution in [0.2, 0.25) is 0 Å². The highest BCUT2D eigenvalue weighted by Crippen LogP contribution is 2.25. The molecule has 0 spiro atoms. The van der Waals surface area contributed by atoms with Gasteiger partial charge in [-0.3, -0.25) is 19.4 Å². The molecule has 1 aliphatic rings. The molecule has 3 rings (SSSR count). The third kappa shape index (κ3) is 3.30. The number of carbonyl (C=O) groups excluding carboxylic acids is 1. The maximum Gasteiger partial charge on any atom is 0.273 e. The van der Waals surface area contributed by atoms with Crippen LogP contribution in [0.4, 0.5) is 0 Å². The van der Waals surface area contributed by atoms with Gasteiger partial charge in [0.15, 0.2) is 5.65 Å². The van der Waals surface area contributed by atoms with Crippen molar-refractivity contribution in [3.63, 3.8) is 0 Å². The van der Waals surface area contributed by atoms with Crippen LogP contribution in [0.3, 0.4) is 0 Å². The van der Waals surface area contributed by atoms with E-state index in [1.807, 2.05) is 18.7 Å². The lowest BCUT2D eigenvalue weighted by Crippen LogP contribution is -2.36. The molecule has 3 heterocycles. The van der Waals surface area contributed by atoms with E-state index in [9.17, 15) is 9.59 Å². The molecule has 0 bridgehead atoms. The number of hydrogen-bond acceptors (Lipinski definition) is 4. The van der Waals surface area contributed by atoms with E-state index in [0.717, 1.165) is 29.8 Å². The quantitative estimate of drug-likeness (QED) is 0.846. The van der Waals surface area contributed by atoms with E-state index < -0.39 is 0 Å². The fourth-order valence-corrected chi connectivity index (χ4v) is 3.82. The molecular formula is C17H26ClN5O2. The van der Waals surface area contributed by atoms with E-state index >= 15 is 0 Å². The lowest BCUT2D eigenvalue weighted by molar-refractivity contribution is -0.131. The van der Waals surface area contributed by atoms with E-state index in [1.165, 1.54) is 0 Å². The predicted octanol–water partition coefficient (Wildman–Crippen LogP) is 1.04. The highest BCUT2D eigenvalue weighted by molar-refractivity contribution is 5.85. The summed E-state index contributed by atoms with van der Waals surface area (Å²) in [7, 11) is 1.76. The Morgan fingerprint density at radius 2 is 2.08 bits per heavy atom. The van der Waals surface area contributed by atoms with Gasteiger partial charge >= 0.3 is 0 Å². The number of carbonyl (C=O) groups is 1. The lowest BCUT2D eigenvalue weighted by atomic mass is 10.0. The third-order valence-corrected chi connectivity index (χ3v) is 5.22. The minimum absolute atomic E-state index is 0. The highest BCUT2D eigenvalue weighted by Gasteiger charge is 2.32. The SMILES string of the molecule is Cc1nc2c(c(C)c1CC(=O)N1CC(CN)CC1C)c(=O)[nH]n2C.Cl. The van der Waals surface area contributed by atoms with Crippen LogP contribution in [0.15, 0.2) is 4.79 Å². The number of hydrogen-bond donors (Lipinski definition) is 2. The summed E-state index contributed by atoms with van der Waals surface area (Å²) in [5.41, 5.74) is 8.71. The average molecular weight is 368 g/mol. The summed E-state index contributed by atoms with van der Waals surface area (Å²) in [6, 6.07) is 0.212. The van der Waals surface area contributed by atoms with Crippen molar-refractivity contribution in [2.75, 3.05) is 13.1 Å². The zero-order valence-corrected chi connectivity index (χ0v) is 15.9. The number of H-pyrrole nitrogens is 1. The molecule has 1 saturated heterocycles. The van der Waals surface area contributed by atoms with Crippen LogP contribution < -0.4 is 11.3 Å². The van der Waals surface area contributed by atoms with Crippen molar-refractivity contribution in [2.24, 2.45) is 18.7 Å². The first-order valence-corrected chi connectivity index (χ1v) is 8.37. The van der Waals surface area contributed by atoms with E-state index in [-0.39, 0.29) is 36.3 Å². The summed E-state index contributed by atoms with van der Waals surface area (Å²) >= 11 is 0. The summed E-state index contributed by atoms with van der Waals surface area (Å²) in [6.45, 7) is 7.18. The summed E-state index contributed by atoms with van der Waals surface area (Å²) in [6.07, 6.45) is 1.23. The second kappa shape index (κ2) is 7.17. The van der Waals surface area contributed by atoms with Crippen molar-refractivity contribution in [2.45, 2.75) is 39.7 Å². The smallest absolute Gasteiger partial charge is 0.273 e. The number of rotatable bonds is 3. The Bertz CT molecular complexity index is 857. The second-order valence-corrected chi connectivity index (χ2v) is 6.91. The molecule has 2 aromatic heterocycles. The largest absolute Gasteiger partial charge is 0.339 e. The van der Waals surface area contributed by atoms with Gasteiger partial charge in [0, 0.05) is 25.3 Å². The van der Waals surface area contributed by atoms with Crippen molar-refractivity contribution in [1.82, 2.24) is 19.7 Å². The van der Waals surface area contributed by atoms with E-state index in [4.69, 9.17) is 5.73 Å². The Hall–Kier alpha value is -1.86. The molecule has 0 radical (unpaired) electrons. The molecule has 25 heavy (non-hydrogen) atoms. The minimum atomic E-state index is -0.163. The van der Waals surface area contributed by atoms with Crippen LogP contribution >= 0.6 is 12.4 Å². The van der Waals surface area contributed by atoms with Gasteiger partial charge in [0.05, 0.1) is 11.8 Å². The van der Waals surface area contributed by atoms with Gasteiger partial charge in [0.25, 0.3) is 5.56 Å². The Kier molecular flexibility index (Phi) is 5.58. The average Bonchev–Trinajstić information content (AvgIpc) is 3.03. The van der Waals surface area contributed by atoms with Crippen LogP contribution in [-0.2, 0) is 18.3 Å². The molecule has 8 heteroatoms. The molecule has 1 amide bonds. The summed E-state index contributed by atoms with van der Waals surface area (Å²) < 4.78 is 1.62. The molecule has 0 saturated carbocycles. The Morgan fingerprint density at radius 1 is 1.40 bits per heavy atom. The maximum atomic E-state index is 12.8. The molecule has 2 unspecified atom stereocenters. The Balaban J connectivity index is 0.00000225. The van der Waals surface area contributed by atoms with E-state index in [0.29, 0.717) is 23.5 Å². The van der Waals surface area contributed by atoms with Gasteiger partial charge < -0.3 is 10.6 Å². The zero-order chi connectivity index (χ0) is 17.6. The van der Waals surface area contributed by atoms with Gasteiger partial charge in [-0.15, -0.1) is 12.4 Å². The van der Waals surface area contributed by atoms with Crippen LogP contribution in [0, 0.1) is 19.8 Å². The normalized spacial score (nSPS) is 20.1. The number of nitrogens with one attached hydrogen (secondary N) is 1. The first-order chi connectivity index (χ1) is 11.3. The number of nitrogens with zero attached hydrogens (tertiary/aromatic N) is 3. The van der Waals surface area contributed by atoms with Crippen LogP contribution in [0.5, 0.6) is 0 Å². The number of pyridine rings is 1. The van der Waals surface area contributed by atoms with Crippen LogP contribution in [0.1, 0.15) is 30.2 Å². The number of aryl methyl sites for hydroxylation is 3. The third-order valence-electron chi connectivity index (χ3n) is 5.22. The van der Waals surface area contributed by atoms with Gasteiger partial charge in [-0.05, 0) is 50.8 Å². The van der Waals surface area contributed by atoms with Gasteiger partial charge in [-0.1, -0.05) is 0 Å². The molecule has 3 N–H and O–H groups in total. The lowest BCUT2D eigenvalue weighted by Gasteiger charge is -2.22. The van der Waals surface area contributed by atoms with Crippen molar-refractivity contribution in [3.05, 3.63) is 27.2 Å². The fourth-order valence-electron chi connectivity index (χ4n) is 3.82. The van der Waals surface area contributed by atoms with Gasteiger partial charge in [0.1, 0.15) is 0 Å². The van der Waals surface area contributed by atoms with Crippen LogP contribution in [0.25, 0.3) is 11.0 Å². The van der Waals surface area contributed by atoms with Gasteiger partial charge in [-0.25, -0.2) is 4.98 Å². The van der Waals surface area contributed by atoms with Crippen molar-refractivity contribution >= 4 is 29.3 Å². The maximum absolute atomic E-state index is 12.8. The van der Waals surface area contributed by atoms with Gasteiger partial charge in [0.2, 0.25) is 5.91 Å². The minimum Gasteiger partial charge on any atom is -0.339 e. The van der Waals surface area contributed by atoms with Gasteiger partial charge in [-0.2, -0.15) is 0 Å². The fraction of sp³-hybridized carbons (Fsp3) is 0.588. The first kappa shape index (κ1) is 19.5. The zero-order valence-electron chi connectivity index (χ0n) is 15.1. The Morgan fingerprint density at radius 3 is 2.68 bits per heavy atom. The Labute approximate surface area is 153 Å². The van der Waals surface area contributed by atoms with E-state index in [1.54, 1.807) is 11.7 Å². The highest BCUT2D eigenvalue weighted by atomic mass is 35.5. The first-order valence-electron chi connectivity index (χ1n) is 8.37. The molecule has 2 atom stereocenters. The topological polar surface area (TPSA) is 97.0 Å². The summed E-state index contributed by atoms with van der Waals surface area (Å²) in [5.74, 6) is 0.460. The molecule has 138 valence electrons. The van der Waals surface area contributed by atoms with Crippen molar-refractivity contribution in [3.8, 4) is 0 Å². The number of aromatic amines is 1. The molecule has 1 fully saturated rings. The molecule has 0 aliphatic carbocycles.